The molecule has 1 unspecified atom stereocenters. The van der Waals surface area contributed by atoms with E-state index in [1.807, 2.05) is 0 Å². The lowest BCUT2D eigenvalue weighted by atomic mass is 9.91. The van der Waals surface area contributed by atoms with Crippen molar-refractivity contribution in [2.45, 2.75) is 18.4 Å². The largest absolute Gasteiger partial charge is 0.379 e. The van der Waals surface area contributed by atoms with E-state index in [2.05, 4.69) is 0 Å². The number of ether oxygens (including phenoxy) is 1. The zero-order valence-corrected chi connectivity index (χ0v) is 8.89. The van der Waals surface area contributed by atoms with Crippen LogP contribution in [0, 0.1) is 10.1 Å². The molecule has 1 fully saturated rings. The average Bonchev–Trinajstić information content (AvgIpc) is 2.65. The van der Waals surface area contributed by atoms with E-state index >= 15 is 0 Å². The van der Waals surface area contributed by atoms with Gasteiger partial charge in [0.1, 0.15) is 0 Å². The van der Waals surface area contributed by atoms with Gasteiger partial charge < -0.3 is 10.5 Å². The van der Waals surface area contributed by atoms with Crippen LogP contribution in [0.25, 0.3) is 0 Å². The number of nitrogens with zero attached hydrogens (tertiary/aromatic N) is 1. The maximum atomic E-state index is 10.5. The Morgan fingerprint density at radius 3 is 2.62 bits per heavy atom. The van der Waals surface area contributed by atoms with Crippen LogP contribution in [0.5, 0.6) is 0 Å². The number of nitrogens with two attached hydrogens (primary N) is 1. The number of benzene rings is 1. The normalized spacial score (nSPS) is 24.6. The number of non-ortho nitro benzene ring substituents is 1. The molecule has 1 aromatic carbocycles. The van der Waals surface area contributed by atoms with Crippen molar-refractivity contribution in [2.75, 3.05) is 13.2 Å². The minimum absolute atomic E-state index is 0.109. The maximum Gasteiger partial charge on any atom is 0.269 e. The van der Waals surface area contributed by atoms with Gasteiger partial charge in [0.05, 0.1) is 11.5 Å². The van der Waals surface area contributed by atoms with Gasteiger partial charge in [-0.25, -0.2) is 0 Å². The molecule has 1 aliphatic heterocycles. The molecule has 0 bridgehead atoms. The quantitative estimate of drug-likeness (QED) is 0.616. The van der Waals surface area contributed by atoms with Crippen LogP contribution in [0.4, 0.5) is 5.69 Å². The zero-order valence-electron chi connectivity index (χ0n) is 8.89. The van der Waals surface area contributed by atoms with Gasteiger partial charge in [0.25, 0.3) is 5.69 Å². The van der Waals surface area contributed by atoms with Crippen LogP contribution < -0.4 is 5.73 Å². The minimum Gasteiger partial charge on any atom is -0.379 e. The summed E-state index contributed by atoms with van der Waals surface area (Å²) in [6.45, 7) is 1.26. The minimum atomic E-state index is -0.402. The highest BCUT2D eigenvalue weighted by Crippen LogP contribution is 2.22. The topological polar surface area (TPSA) is 78.4 Å². The summed E-state index contributed by atoms with van der Waals surface area (Å²) in [4.78, 5) is 10.1. The number of nitro groups is 1. The van der Waals surface area contributed by atoms with Crippen LogP contribution >= 0.6 is 0 Å². The Kier molecular flexibility index (Phi) is 2.89. The van der Waals surface area contributed by atoms with E-state index in [1.54, 1.807) is 12.1 Å². The van der Waals surface area contributed by atoms with Gasteiger partial charge in [0.2, 0.25) is 0 Å². The lowest BCUT2D eigenvalue weighted by molar-refractivity contribution is -0.384. The molecule has 1 saturated heterocycles. The highest BCUT2D eigenvalue weighted by Gasteiger charge is 2.30. The molecule has 5 heteroatoms. The summed E-state index contributed by atoms with van der Waals surface area (Å²) in [5.74, 6) is 0. The van der Waals surface area contributed by atoms with Gasteiger partial charge in [-0.3, -0.25) is 10.1 Å². The van der Waals surface area contributed by atoms with Crippen molar-refractivity contribution in [3.8, 4) is 0 Å². The van der Waals surface area contributed by atoms with Crippen LogP contribution in [0.1, 0.15) is 12.0 Å². The van der Waals surface area contributed by atoms with Crippen molar-refractivity contribution >= 4 is 5.69 Å². The molecule has 0 aliphatic carbocycles. The fourth-order valence-corrected chi connectivity index (χ4v) is 1.90. The molecule has 0 aromatic heterocycles. The van der Waals surface area contributed by atoms with Crippen molar-refractivity contribution in [3.05, 3.63) is 39.9 Å². The van der Waals surface area contributed by atoms with E-state index in [4.69, 9.17) is 10.5 Å². The van der Waals surface area contributed by atoms with Crippen LogP contribution in [0.3, 0.4) is 0 Å². The first-order valence-electron chi connectivity index (χ1n) is 5.19. The molecular formula is C11H14N2O3. The number of hydrogen-bond acceptors (Lipinski definition) is 4. The summed E-state index contributed by atoms with van der Waals surface area (Å²) in [6, 6.07) is 6.53. The van der Waals surface area contributed by atoms with Gasteiger partial charge in [0, 0.05) is 24.3 Å². The number of hydrogen-bond donors (Lipinski definition) is 1. The Balaban J connectivity index is 2.07. The van der Waals surface area contributed by atoms with Gasteiger partial charge in [-0.2, -0.15) is 0 Å². The van der Waals surface area contributed by atoms with Crippen molar-refractivity contribution in [1.82, 2.24) is 0 Å². The van der Waals surface area contributed by atoms with Gasteiger partial charge in [-0.05, 0) is 18.4 Å². The van der Waals surface area contributed by atoms with E-state index in [-0.39, 0.29) is 11.2 Å². The third-order valence-corrected chi connectivity index (χ3v) is 2.84. The first-order valence-corrected chi connectivity index (χ1v) is 5.19. The molecule has 0 saturated carbocycles. The van der Waals surface area contributed by atoms with Crippen molar-refractivity contribution in [1.29, 1.82) is 0 Å². The van der Waals surface area contributed by atoms with E-state index in [0.717, 1.165) is 12.0 Å². The predicted octanol–water partition coefficient (Wildman–Crippen LogP) is 1.26. The van der Waals surface area contributed by atoms with E-state index in [0.29, 0.717) is 19.6 Å². The van der Waals surface area contributed by atoms with E-state index < -0.39 is 4.92 Å². The molecule has 1 atom stereocenters. The Hall–Kier alpha value is -1.46. The second-order valence-electron chi connectivity index (χ2n) is 4.27. The SMILES string of the molecule is NC1(Cc2ccc([N+](=O)[O-])cc2)CCOC1. The smallest absolute Gasteiger partial charge is 0.269 e. The molecule has 16 heavy (non-hydrogen) atoms. The molecule has 86 valence electrons. The van der Waals surface area contributed by atoms with Crippen molar-refractivity contribution < 1.29 is 9.66 Å². The second-order valence-corrected chi connectivity index (χ2v) is 4.27. The summed E-state index contributed by atoms with van der Waals surface area (Å²) in [5.41, 5.74) is 6.94. The van der Waals surface area contributed by atoms with Crippen molar-refractivity contribution in [2.24, 2.45) is 5.73 Å². The molecule has 2 N–H and O–H groups in total. The van der Waals surface area contributed by atoms with Crippen LogP contribution in [-0.4, -0.2) is 23.7 Å². The first kappa shape index (κ1) is 11.0. The monoisotopic (exact) mass is 222 g/mol. The highest BCUT2D eigenvalue weighted by atomic mass is 16.6. The summed E-state index contributed by atoms with van der Waals surface area (Å²) in [5, 5.41) is 10.5. The third kappa shape index (κ3) is 2.37. The summed E-state index contributed by atoms with van der Waals surface area (Å²) < 4.78 is 5.26. The van der Waals surface area contributed by atoms with Gasteiger partial charge >= 0.3 is 0 Å². The Labute approximate surface area is 93.4 Å². The molecule has 2 rings (SSSR count). The highest BCUT2D eigenvalue weighted by molar-refractivity contribution is 5.33. The molecule has 0 radical (unpaired) electrons. The molecule has 0 amide bonds. The molecular weight excluding hydrogens is 208 g/mol. The van der Waals surface area contributed by atoms with Crippen LogP contribution in [0.15, 0.2) is 24.3 Å². The van der Waals surface area contributed by atoms with Gasteiger partial charge in [-0.15, -0.1) is 0 Å². The standard InChI is InChI=1S/C11H14N2O3/c12-11(5-6-16-8-11)7-9-1-3-10(4-2-9)13(14)15/h1-4H,5-8,12H2. The van der Waals surface area contributed by atoms with Gasteiger partial charge in [-0.1, -0.05) is 12.1 Å². The summed E-state index contributed by atoms with van der Waals surface area (Å²) in [7, 11) is 0. The predicted molar refractivity (Wildman–Crippen MR) is 59.2 cm³/mol. The Morgan fingerprint density at radius 2 is 2.12 bits per heavy atom. The third-order valence-electron chi connectivity index (χ3n) is 2.84. The summed E-state index contributed by atoms with van der Waals surface area (Å²) in [6.07, 6.45) is 1.54. The van der Waals surface area contributed by atoms with E-state index in [1.165, 1.54) is 12.1 Å². The molecule has 1 heterocycles. The Morgan fingerprint density at radius 1 is 1.44 bits per heavy atom. The molecule has 0 spiro atoms. The Bertz CT molecular complexity index is 383. The van der Waals surface area contributed by atoms with Crippen LogP contribution in [-0.2, 0) is 11.2 Å². The van der Waals surface area contributed by atoms with Crippen molar-refractivity contribution in [3.63, 3.8) is 0 Å². The molecule has 1 aliphatic rings. The number of rotatable bonds is 3. The lowest BCUT2D eigenvalue weighted by Crippen LogP contribution is -2.42. The van der Waals surface area contributed by atoms with Gasteiger partial charge in [0.15, 0.2) is 0 Å². The average molecular weight is 222 g/mol. The zero-order chi connectivity index (χ0) is 11.6. The second kappa shape index (κ2) is 4.19. The molecule has 5 nitrogen and oxygen atoms in total. The summed E-state index contributed by atoms with van der Waals surface area (Å²) >= 11 is 0. The fraction of sp³-hybridized carbons (Fsp3) is 0.455. The lowest BCUT2D eigenvalue weighted by Gasteiger charge is -2.21. The van der Waals surface area contributed by atoms with Crippen LogP contribution in [0.2, 0.25) is 0 Å². The fourth-order valence-electron chi connectivity index (χ4n) is 1.90. The van der Waals surface area contributed by atoms with E-state index in [9.17, 15) is 10.1 Å². The molecule has 1 aromatic rings. The number of nitro benzene ring substituents is 1. The first-order chi connectivity index (χ1) is 7.59. The maximum absolute atomic E-state index is 10.5.